The van der Waals surface area contributed by atoms with Crippen LogP contribution in [-0.4, -0.2) is 15.8 Å². The maximum absolute atomic E-state index is 12.3. The predicted molar refractivity (Wildman–Crippen MR) is 95.7 cm³/mol. The number of halogens is 3. The number of amides is 1. The summed E-state index contributed by atoms with van der Waals surface area (Å²) in [7, 11) is 0. The number of nitro groups is 1. The molecule has 0 atom stereocenters. The second-order valence-electron chi connectivity index (χ2n) is 4.60. The molecular formula is C14H6Cl3N3O3S. The van der Waals surface area contributed by atoms with E-state index in [1.54, 1.807) is 12.1 Å². The summed E-state index contributed by atoms with van der Waals surface area (Å²) in [6, 6.07) is 6.99. The molecule has 24 heavy (non-hydrogen) atoms. The van der Waals surface area contributed by atoms with Crippen LogP contribution in [0.3, 0.4) is 0 Å². The molecule has 1 N–H and O–H groups in total. The zero-order chi connectivity index (χ0) is 17.4. The summed E-state index contributed by atoms with van der Waals surface area (Å²) in [5.41, 5.74) is 0.392. The van der Waals surface area contributed by atoms with Gasteiger partial charge in [-0.15, -0.1) is 0 Å². The highest BCUT2D eigenvalue weighted by molar-refractivity contribution is 7.22. The predicted octanol–water partition coefficient (Wildman–Crippen LogP) is 5.42. The Bertz CT molecular complexity index is 990. The molecule has 1 heterocycles. The molecule has 1 aromatic heterocycles. The van der Waals surface area contributed by atoms with E-state index in [1.165, 1.54) is 23.5 Å². The van der Waals surface area contributed by atoms with Gasteiger partial charge in [0.1, 0.15) is 5.52 Å². The molecule has 0 spiro atoms. The highest BCUT2D eigenvalue weighted by atomic mass is 35.5. The fourth-order valence-corrected chi connectivity index (χ4v) is 3.50. The third-order valence-electron chi connectivity index (χ3n) is 3.08. The van der Waals surface area contributed by atoms with E-state index < -0.39 is 10.8 Å². The van der Waals surface area contributed by atoms with Crippen LogP contribution < -0.4 is 5.32 Å². The van der Waals surface area contributed by atoms with Gasteiger partial charge in [-0.1, -0.05) is 46.1 Å². The van der Waals surface area contributed by atoms with Crippen molar-refractivity contribution in [2.75, 3.05) is 5.32 Å². The number of non-ortho nitro benzene ring substituents is 1. The number of nitrogens with one attached hydrogen (secondary N) is 1. The third-order valence-corrected chi connectivity index (χ3v) is 5.12. The minimum absolute atomic E-state index is 0.0242. The molecule has 0 saturated carbocycles. The second kappa shape index (κ2) is 6.52. The van der Waals surface area contributed by atoms with Crippen LogP contribution in [0.2, 0.25) is 15.1 Å². The lowest BCUT2D eigenvalue weighted by Crippen LogP contribution is -2.12. The van der Waals surface area contributed by atoms with E-state index in [2.05, 4.69) is 10.3 Å². The molecule has 0 aliphatic carbocycles. The molecule has 0 saturated heterocycles. The summed E-state index contributed by atoms with van der Waals surface area (Å²) in [5.74, 6) is -0.531. The van der Waals surface area contributed by atoms with Gasteiger partial charge in [0.25, 0.3) is 11.6 Å². The summed E-state index contributed by atoms with van der Waals surface area (Å²) >= 11 is 19.2. The molecule has 3 rings (SSSR count). The molecule has 10 heteroatoms. The van der Waals surface area contributed by atoms with E-state index in [0.717, 1.165) is 10.8 Å². The molecular weight excluding hydrogens is 397 g/mol. The number of hydrogen-bond acceptors (Lipinski definition) is 5. The number of carbonyl (C=O) groups excluding carboxylic acids is 1. The summed E-state index contributed by atoms with van der Waals surface area (Å²) in [4.78, 5) is 26.6. The molecule has 0 unspecified atom stereocenters. The van der Waals surface area contributed by atoms with Crippen LogP contribution in [0.4, 0.5) is 10.8 Å². The first-order valence-electron chi connectivity index (χ1n) is 6.36. The Balaban J connectivity index is 1.90. The molecule has 0 fully saturated rings. The second-order valence-corrected chi connectivity index (χ2v) is 6.83. The molecule has 6 nitrogen and oxygen atoms in total. The van der Waals surface area contributed by atoms with E-state index in [1.807, 2.05) is 0 Å². The van der Waals surface area contributed by atoms with E-state index in [0.29, 0.717) is 20.7 Å². The number of anilines is 1. The third kappa shape index (κ3) is 3.16. The van der Waals surface area contributed by atoms with Crippen LogP contribution in [0.5, 0.6) is 0 Å². The van der Waals surface area contributed by atoms with E-state index in [-0.39, 0.29) is 16.3 Å². The number of carbonyl (C=O) groups is 1. The summed E-state index contributed by atoms with van der Waals surface area (Å²) in [5, 5.41) is 14.3. The van der Waals surface area contributed by atoms with Crippen molar-refractivity contribution in [3.8, 4) is 0 Å². The average molecular weight is 403 g/mol. The smallest absolute Gasteiger partial charge is 0.270 e. The van der Waals surface area contributed by atoms with Gasteiger partial charge in [0.15, 0.2) is 5.13 Å². The fraction of sp³-hybridized carbons (Fsp3) is 0. The van der Waals surface area contributed by atoms with Gasteiger partial charge in [-0.2, -0.15) is 0 Å². The zero-order valence-corrected chi connectivity index (χ0v) is 14.6. The lowest BCUT2D eigenvalue weighted by Gasteiger charge is -2.03. The average Bonchev–Trinajstić information content (AvgIpc) is 2.94. The van der Waals surface area contributed by atoms with Gasteiger partial charge in [-0.05, 0) is 18.2 Å². The number of fused-ring (bicyclic) bond motifs is 1. The van der Waals surface area contributed by atoms with Crippen LogP contribution in [0.1, 0.15) is 10.4 Å². The standard InChI is InChI=1S/C14H6Cl3N3O3S/c15-8-3-4-10-12(11(8)17)18-14(24-10)19-13(21)7-2-1-6(20(22)23)5-9(7)16/h1-5H,(H,18,19,21). The van der Waals surface area contributed by atoms with Crippen molar-refractivity contribution >= 4 is 73.1 Å². The van der Waals surface area contributed by atoms with Gasteiger partial charge >= 0.3 is 0 Å². The quantitative estimate of drug-likeness (QED) is 0.468. The molecule has 0 aliphatic heterocycles. The monoisotopic (exact) mass is 401 g/mol. The van der Waals surface area contributed by atoms with Crippen LogP contribution >= 0.6 is 46.1 Å². The summed E-state index contributed by atoms with van der Waals surface area (Å²) < 4.78 is 0.759. The van der Waals surface area contributed by atoms with Crippen molar-refractivity contribution in [1.29, 1.82) is 0 Å². The van der Waals surface area contributed by atoms with E-state index in [4.69, 9.17) is 34.8 Å². The molecule has 0 aliphatic rings. The number of nitrogens with zero attached hydrogens (tertiary/aromatic N) is 2. The van der Waals surface area contributed by atoms with Gasteiger partial charge in [0, 0.05) is 12.1 Å². The Hall–Kier alpha value is -1.93. The number of benzene rings is 2. The van der Waals surface area contributed by atoms with Crippen LogP contribution in [-0.2, 0) is 0 Å². The first-order valence-corrected chi connectivity index (χ1v) is 8.31. The number of hydrogen-bond donors (Lipinski definition) is 1. The van der Waals surface area contributed by atoms with Crippen molar-refractivity contribution in [3.05, 3.63) is 61.1 Å². The molecule has 0 bridgehead atoms. The number of rotatable bonds is 3. The van der Waals surface area contributed by atoms with Crippen molar-refractivity contribution in [3.63, 3.8) is 0 Å². The van der Waals surface area contributed by atoms with E-state index in [9.17, 15) is 14.9 Å². The zero-order valence-electron chi connectivity index (χ0n) is 11.5. The normalized spacial score (nSPS) is 10.8. The van der Waals surface area contributed by atoms with Crippen LogP contribution in [0.15, 0.2) is 30.3 Å². The molecule has 3 aromatic rings. The fourth-order valence-electron chi connectivity index (χ4n) is 1.96. The number of thiazole rings is 1. The first kappa shape index (κ1) is 16.9. The number of nitro benzene ring substituents is 1. The molecule has 0 radical (unpaired) electrons. The van der Waals surface area contributed by atoms with Gasteiger partial charge in [-0.3, -0.25) is 20.2 Å². The van der Waals surface area contributed by atoms with Crippen molar-refractivity contribution in [2.45, 2.75) is 0 Å². The van der Waals surface area contributed by atoms with Crippen LogP contribution in [0, 0.1) is 10.1 Å². The van der Waals surface area contributed by atoms with Gasteiger partial charge in [0.05, 0.1) is 30.3 Å². The van der Waals surface area contributed by atoms with Crippen molar-refractivity contribution in [2.24, 2.45) is 0 Å². The van der Waals surface area contributed by atoms with E-state index >= 15 is 0 Å². The van der Waals surface area contributed by atoms with Gasteiger partial charge in [-0.25, -0.2) is 4.98 Å². The first-order chi connectivity index (χ1) is 11.4. The number of aromatic nitrogens is 1. The summed E-state index contributed by atoms with van der Waals surface area (Å²) in [6.45, 7) is 0. The van der Waals surface area contributed by atoms with Gasteiger partial charge in [0.2, 0.25) is 0 Å². The minimum atomic E-state index is -0.590. The summed E-state index contributed by atoms with van der Waals surface area (Å²) in [6.07, 6.45) is 0. The van der Waals surface area contributed by atoms with Gasteiger partial charge < -0.3 is 0 Å². The lowest BCUT2D eigenvalue weighted by molar-refractivity contribution is -0.384. The van der Waals surface area contributed by atoms with Crippen molar-refractivity contribution < 1.29 is 9.72 Å². The Morgan fingerprint density at radius 3 is 2.58 bits per heavy atom. The topological polar surface area (TPSA) is 85.1 Å². The Morgan fingerprint density at radius 2 is 1.92 bits per heavy atom. The lowest BCUT2D eigenvalue weighted by atomic mass is 10.2. The maximum atomic E-state index is 12.3. The SMILES string of the molecule is O=C(Nc1nc2c(Cl)c(Cl)ccc2s1)c1ccc([N+](=O)[O-])cc1Cl. The Kier molecular flexibility index (Phi) is 4.60. The highest BCUT2D eigenvalue weighted by Gasteiger charge is 2.17. The maximum Gasteiger partial charge on any atom is 0.270 e. The minimum Gasteiger partial charge on any atom is -0.298 e. The molecule has 122 valence electrons. The van der Waals surface area contributed by atoms with Crippen molar-refractivity contribution in [1.82, 2.24) is 4.98 Å². The largest absolute Gasteiger partial charge is 0.298 e. The highest BCUT2D eigenvalue weighted by Crippen LogP contribution is 2.35. The Morgan fingerprint density at radius 1 is 1.17 bits per heavy atom. The Labute approximate surface area is 154 Å². The molecule has 1 amide bonds. The van der Waals surface area contributed by atoms with Crippen LogP contribution in [0.25, 0.3) is 10.2 Å². The molecule has 2 aromatic carbocycles.